The van der Waals surface area contributed by atoms with Crippen LogP contribution < -0.4 is 11.5 Å². The summed E-state index contributed by atoms with van der Waals surface area (Å²) >= 11 is 1.32. The molecule has 0 fully saturated rings. The van der Waals surface area contributed by atoms with E-state index in [1.807, 2.05) is 0 Å². The lowest BCUT2D eigenvalue weighted by Gasteiger charge is -1.93. The second kappa shape index (κ2) is 2.90. The molecule has 5 N–H and O–H groups in total. The SMILES string of the molecule is Nc1nc2sc(N)c(CCO)c2o1. The average Bonchev–Trinajstić information content (AvgIpc) is 2.52. The van der Waals surface area contributed by atoms with Crippen molar-refractivity contribution in [1.82, 2.24) is 4.98 Å². The quantitative estimate of drug-likeness (QED) is 0.657. The topological polar surface area (TPSA) is 98.3 Å². The van der Waals surface area contributed by atoms with Gasteiger partial charge in [-0.2, -0.15) is 4.98 Å². The van der Waals surface area contributed by atoms with E-state index < -0.39 is 0 Å². The fourth-order valence-electron chi connectivity index (χ4n) is 1.21. The van der Waals surface area contributed by atoms with Crippen LogP contribution in [0.2, 0.25) is 0 Å². The minimum Gasteiger partial charge on any atom is -0.422 e. The molecule has 0 atom stereocenters. The smallest absolute Gasteiger partial charge is 0.293 e. The third-order valence-electron chi connectivity index (χ3n) is 1.75. The lowest BCUT2D eigenvalue weighted by Crippen LogP contribution is -1.93. The van der Waals surface area contributed by atoms with Crippen molar-refractivity contribution >= 4 is 32.8 Å². The molecule has 0 aliphatic rings. The molecule has 13 heavy (non-hydrogen) atoms. The molecule has 2 heterocycles. The molecule has 0 amide bonds. The van der Waals surface area contributed by atoms with Gasteiger partial charge in [0.15, 0.2) is 10.4 Å². The van der Waals surface area contributed by atoms with Crippen molar-refractivity contribution in [2.75, 3.05) is 18.1 Å². The van der Waals surface area contributed by atoms with Gasteiger partial charge in [-0.15, -0.1) is 0 Å². The summed E-state index contributed by atoms with van der Waals surface area (Å²) in [6.45, 7) is 0.0383. The van der Waals surface area contributed by atoms with Crippen molar-refractivity contribution in [3.8, 4) is 0 Å². The van der Waals surface area contributed by atoms with Gasteiger partial charge < -0.3 is 21.0 Å². The molecular formula is C7H9N3O2S. The maximum Gasteiger partial charge on any atom is 0.293 e. The van der Waals surface area contributed by atoms with Crippen molar-refractivity contribution in [3.05, 3.63) is 5.56 Å². The Morgan fingerprint density at radius 3 is 2.92 bits per heavy atom. The molecule has 0 unspecified atom stereocenters. The zero-order valence-electron chi connectivity index (χ0n) is 6.78. The molecule has 70 valence electrons. The number of aliphatic hydroxyl groups excluding tert-OH is 1. The standard InChI is InChI=1S/C7H9N3O2S/c8-5-3(1-2-11)4-6(13-5)10-7(9)12-4/h11H,1-2,8H2,(H2,9,10). The van der Waals surface area contributed by atoms with Crippen LogP contribution in [-0.4, -0.2) is 16.7 Å². The fourth-order valence-corrected chi connectivity index (χ4v) is 2.13. The molecule has 0 radical (unpaired) electrons. The Morgan fingerprint density at radius 1 is 1.46 bits per heavy atom. The predicted molar refractivity (Wildman–Crippen MR) is 51.5 cm³/mol. The lowest BCUT2D eigenvalue weighted by atomic mass is 10.2. The number of thiophene rings is 1. The zero-order chi connectivity index (χ0) is 9.42. The number of nitrogens with zero attached hydrogens (tertiary/aromatic N) is 1. The summed E-state index contributed by atoms with van der Waals surface area (Å²) in [6, 6.07) is 0.139. The van der Waals surface area contributed by atoms with Crippen LogP contribution in [0.3, 0.4) is 0 Å². The molecule has 0 bridgehead atoms. The first-order valence-electron chi connectivity index (χ1n) is 3.76. The van der Waals surface area contributed by atoms with Gasteiger partial charge in [0, 0.05) is 18.6 Å². The van der Waals surface area contributed by atoms with Gasteiger partial charge >= 0.3 is 0 Å². The van der Waals surface area contributed by atoms with Gasteiger partial charge in [0.25, 0.3) is 6.01 Å². The van der Waals surface area contributed by atoms with Gasteiger partial charge in [0.1, 0.15) is 0 Å². The van der Waals surface area contributed by atoms with Crippen molar-refractivity contribution in [2.45, 2.75) is 6.42 Å². The second-order valence-electron chi connectivity index (χ2n) is 2.60. The Balaban J connectivity index is 2.61. The summed E-state index contributed by atoms with van der Waals surface area (Å²) < 4.78 is 5.16. The predicted octanol–water partition coefficient (Wildman–Crippen LogP) is 0.589. The highest BCUT2D eigenvalue weighted by atomic mass is 32.1. The molecule has 5 nitrogen and oxygen atoms in total. The summed E-state index contributed by atoms with van der Waals surface area (Å²) in [4.78, 5) is 4.64. The Hall–Kier alpha value is -1.27. The number of fused-ring (bicyclic) bond motifs is 1. The average molecular weight is 199 g/mol. The van der Waals surface area contributed by atoms with E-state index in [1.54, 1.807) is 0 Å². The first-order valence-corrected chi connectivity index (χ1v) is 4.58. The van der Waals surface area contributed by atoms with Crippen LogP contribution in [0, 0.1) is 0 Å². The molecule has 0 aliphatic carbocycles. The van der Waals surface area contributed by atoms with E-state index in [1.165, 1.54) is 11.3 Å². The lowest BCUT2D eigenvalue weighted by molar-refractivity contribution is 0.300. The fraction of sp³-hybridized carbons (Fsp3) is 0.286. The van der Waals surface area contributed by atoms with Crippen LogP contribution in [0.1, 0.15) is 5.56 Å². The summed E-state index contributed by atoms with van der Waals surface area (Å²) in [7, 11) is 0. The van der Waals surface area contributed by atoms with E-state index in [0.29, 0.717) is 21.8 Å². The number of oxazole rings is 1. The highest BCUT2D eigenvalue weighted by Gasteiger charge is 2.14. The van der Waals surface area contributed by atoms with Crippen LogP contribution in [0.15, 0.2) is 4.42 Å². The number of rotatable bonds is 2. The van der Waals surface area contributed by atoms with E-state index >= 15 is 0 Å². The van der Waals surface area contributed by atoms with Gasteiger partial charge in [-0.1, -0.05) is 11.3 Å². The Bertz CT molecular complexity index is 434. The molecule has 2 aromatic heterocycles. The Kier molecular flexibility index (Phi) is 1.86. The minimum absolute atomic E-state index is 0.0383. The first-order chi connectivity index (χ1) is 6.22. The summed E-state index contributed by atoms with van der Waals surface area (Å²) in [5.74, 6) is 0. The van der Waals surface area contributed by atoms with Gasteiger partial charge in [0.05, 0.1) is 5.00 Å². The molecule has 0 aromatic carbocycles. The highest BCUT2D eigenvalue weighted by molar-refractivity contribution is 7.22. The maximum absolute atomic E-state index is 8.78. The number of hydrogen-bond acceptors (Lipinski definition) is 6. The molecule has 6 heteroatoms. The summed E-state index contributed by atoms with van der Waals surface area (Å²) in [5.41, 5.74) is 12.5. The number of nitrogens with two attached hydrogens (primary N) is 2. The Morgan fingerprint density at radius 2 is 2.23 bits per heavy atom. The third kappa shape index (κ3) is 1.24. The van der Waals surface area contributed by atoms with Crippen molar-refractivity contribution in [1.29, 1.82) is 0 Å². The maximum atomic E-state index is 8.78. The van der Waals surface area contributed by atoms with Crippen molar-refractivity contribution < 1.29 is 9.52 Å². The van der Waals surface area contributed by atoms with Crippen LogP contribution in [0.5, 0.6) is 0 Å². The number of aromatic nitrogens is 1. The Labute approximate surface area is 78.0 Å². The number of anilines is 2. The number of hydrogen-bond donors (Lipinski definition) is 3. The molecule has 0 saturated heterocycles. The van der Waals surface area contributed by atoms with E-state index in [9.17, 15) is 0 Å². The van der Waals surface area contributed by atoms with Crippen LogP contribution in [0.4, 0.5) is 11.0 Å². The van der Waals surface area contributed by atoms with Gasteiger partial charge in [0.2, 0.25) is 0 Å². The normalized spacial score (nSPS) is 11.2. The zero-order valence-corrected chi connectivity index (χ0v) is 7.60. The van der Waals surface area contributed by atoms with Crippen LogP contribution in [-0.2, 0) is 6.42 Å². The van der Waals surface area contributed by atoms with Gasteiger partial charge in [-0.25, -0.2) is 0 Å². The van der Waals surface area contributed by atoms with Crippen molar-refractivity contribution in [3.63, 3.8) is 0 Å². The third-order valence-corrected chi connectivity index (χ3v) is 2.69. The second-order valence-corrected chi connectivity index (χ2v) is 3.64. The van der Waals surface area contributed by atoms with Gasteiger partial charge in [-0.3, -0.25) is 0 Å². The summed E-state index contributed by atoms with van der Waals surface area (Å²) in [6.07, 6.45) is 0.473. The van der Waals surface area contributed by atoms with E-state index in [0.717, 1.165) is 5.56 Å². The van der Waals surface area contributed by atoms with E-state index in [4.69, 9.17) is 21.0 Å². The van der Waals surface area contributed by atoms with Crippen molar-refractivity contribution in [2.24, 2.45) is 0 Å². The van der Waals surface area contributed by atoms with E-state index in [-0.39, 0.29) is 12.6 Å². The monoisotopic (exact) mass is 199 g/mol. The molecule has 2 aromatic rings. The highest BCUT2D eigenvalue weighted by Crippen LogP contribution is 2.34. The summed E-state index contributed by atoms with van der Waals surface area (Å²) in [5, 5.41) is 9.42. The molecule has 0 spiro atoms. The number of nitrogen functional groups attached to an aromatic ring is 2. The molecule has 0 aliphatic heterocycles. The van der Waals surface area contributed by atoms with Crippen LogP contribution in [0.25, 0.3) is 10.4 Å². The number of aliphatic hydroxyl groups is 1. The van der Waals surface area contributed by atoms with Gasteiger partial charge in [-0.05, 0) is 0 Å². The minimum atomic E-state index is 0.0383. The molecular weight excluding hydrogens is 190 g/mol. The largest absolute Gasteiger partial charge is 0.422 e. The first kappa shape index (κ1) is 8.33. The molecule has 0 saturated carbocycles. The van der Waals surface area contributed by atoms with Crippen LogP contribution >= 0.6 is 11.3 Å². The van der Waals surface area contributed by atoms with E-state index in [2.05, 4.69) is 4.98 Å². The molecule has 2 rings (SSSR count).